The van der Waals surface area contributed by atoms with Crippen LogP contribution in [0, 0.1) is 6.92 Å². The van der Waals surface area contributed by atoms with E-state index in [2.05, 4.69) is 25.5 Å². The molecular weight excluding hydrogens is 508 g/mol. The second kappa shape index (κ2) is 12.8. The standard InChI is InChI=1S/C27H31ClN6O2S/c1-19-7-6-10-22(15-19)30-27(36)34-14-13-33(17-20(34)2)24-16-23(28)31-26(32-24)37-18-25(35)29-12-11-21-8-4-3-5-9-21/h3-10,15-16,20H,11-14,17-18H2,1-2H3,(H,29,35)(H,30,36). The van der Waals surface area contributed by atoms with E-state index in [-0.39, 0.29) is 23.7 Å². The summed E-state index contributed by atoms with van der Waals surface area (Å²) >= 11 is 7.54. The molecule has 1 atom stereocenters. The number of nitrogens with one attached hydrogen (secondary N) is 2. The highest BCUT2D eigenvalue weighted by molar-refractivity contribution is 7.99. The fraction of sp³-hybridized carbons (Fsp3) is 0.333. The monoisotopic (exact) mass is 538 g/mol. The van der Waals surface area contributed by atoms with Crippen molar-refractivity contribution in [2.24, 2.45) is 0 Å². The minimum Gasteiger partial charge on any atom is -0.355 e. The van der Waals surface area contributed by atoms with Crippen LogP contribution in [0.1, 0.15) is 18.1 Å². The predicted octanol–water partition coefficient (Wildman–Crippen LogP) is 4.63. The summed E-state index contributed by atoms with van der Waals surface area (Å²) in [5.74, 6) is 0.822. The fourth-order valence-corrected chi connectivity index (χ4v) is 5.08. The number of hydrogen-bond donors (Lipinski definition) is 2. The number of halogens is 1. The Hall–Kier alpha value is -3.30. The number of anilines is 2. The van der Waals surface area contributed by atoms with E-state index < -0.39 is 0 Å². The van der Waals surface area contributed by atoms with Gasteiger partial charge in [0.1, 0.15) is 11.0 Å². The molecule has 0 saturated carbocycles. The van der Waals surface area contributed by atoms with Gasteiger partial charge in [0, 0.05) is 44.0 Å². The van der Waals surface area contributed by atoms with E-state index in [1.807, 2.05) is 73.3 Å². The molecule has 194 valence electrons. The first-order valence-electron chi connectivity index (χ1n) is 12.2. The van der Waals surface area contributed by atoms with Gasteiger partial charge in [-0.1, -0.05) is 65.8 Å². The van der Waals surface area contributed by atoms with E-state index in [0.29, 0.717) is 42.3 Å². The molecule has 1 unspecified atom stereocenters. The molecule has 0 bridgehead atoms. The van der Waals surface area contributed by atoms with Crippen LogP contribution in [0.4, 0.5) is 16.3 Å². The van der Waals surface area contributed by atoms with Crippen LogP contribution >= 0.6 is 23.4 Å². The molecule has 3 aromatic rings. The lowest BCUT2D eigenvalue weighted by atomic mass is 10.1. The van der Waals surface area contributed by atoms with Crippen molar-refractivity contribution in [1.29, 1.82) is 0 Å². The molecule has 1 aliphatic rings. The lowest BCUT2D eigenvalue weighted by Gasteiger charge is -2.40. The number of carbonyl (C=O) groups is 2. The van der Waals surface area contributed by atoms with Crippen LogP contribution in [0.2, 0.25) is 5.15 Å². The number of carbonyl (C=O) groups excluding carboxylic acids is 2. The molecule has 8 nitrogen and oxygen atoms in total. The second-order valence-electron chi connectivity index (χ2n) is 8.99. The number of amides is 3. The SMILES string of the molecule is Cc1cccc(NC(=O)N2CCN(c3cc(Cl)nc(SCC(=O)NCCc4ccccc4)n3)CC2C)c1. The number of benzene rings is 2. The molecule has 0 radical (unpaired) electrons. The average Bonchev–Trinajstić information content (AvgIpc) is 2.87. The third-order valence-electron chi connectivity index (χ3n) is 6.05. The minimum absolute atomic E-state index is 0.0289. The molecule has 3 amide bonds. The summed E-state index contributed by atoms with van der Waals surface area (Å²) in [5, 5.41) is 6.70. The molecule has 1 fully saturated rings. The third-order valence-corrected chi connectivity index (χ3v) is 7.09. The number of nitrogens with zero attached hydrogens (tertiary/aromatic N) is 4. The highest BCUT2D eigenvalue weighted by Crippen LogP contribution is 2.24. The van der Waals surface area contributed by atoms with Gasteiger partial charge in [0.2, 0.25) is 5.91 Å². The quantitative estimate of drug-likeness (QED) is 0.247. The van der Waals surface area contributed by atoms with Gasteiger partial charge in [-0.25, -0.2) is 14.8 Å². The molecule has 1 aromatic heterocycles. The lowest BCUT2D eigenvalue weighted by Crippen LogP contribution is -2.55. The van der Waals surface area contributed by atoms with Crippen molar-refractivity contribution in [2.75, 3.05) is 42.1 Å². The number of piperazine rings is 1. The van der Waals surface area contributed by atoms with Gasteiger partial charge in [-0.05, 0) is 43.5 Å². The van der Waals surface area contributed by atoms with Crippen molar-refractivity contribution in [2.45, 2.75) is 31.5 Å². The smallest absolute Gasteiger partial charge is 0.322 e. The third kappa shape index (κ3) is 7.84. The first-order valence-corrected chi connectivity index (χ1v) is 13.6. The van der Waals surface area contributed by atoms with Crippen LogP contribution in [0.25, 0.3) is 0 Å². The van der Waals surface area contributed by atoms with Crippen LogP contribution in [0.3, 0.4) is 0 Å². The van der Waals surface area contributed by atoms with Gasteiger partial charge in [0.05, 0.1) is 5.75 Å². The van der Waals surface area contributed by atoms with Crippen molar-refractivity contribution in [3.63, 3.8) is 0 Å². The van der Waals surface area contributed by atoms with Gasteiger partial charge in [-0.15, -0.1) is 0 Å². The zero-order valence-electron chi connectivity index (χ0n) is 21.0. The van der Waals surface area contributed by atoms with E-state index in [1.54, 1.807) is 6.07 Å². The molecule has 1 saturated heterocycles. The summed E-state index contributed by atoms with van der Waals surface area (Å²) < 4.78 is 0. The lowest BCUT2D eigenvalue weighted by molar-refractivity contribution is -0.118. The van der Waals surface area contributed by atoms with Crippen LogP contribution in [-0.2, 0) is 11.2 Å². The maximum Gasteiger partial charge on any atom is 0.322 e. The van der Waals surface area contributed by atoms with Crippen LogP contribution < -0.4 is 15.5 Å². The summed E-state index contributed by atoms with van der Waals surface area (Å²) in [7, 11) is 0. The first kappa shape index (κ1) is 26.8. The van der Waals surface area contributed by atoms with Gasteiger partial charge < -0.3 is 20.4 Å². The van der Waals surface area contributed by atoms with E-state index in [9.17, 15) is 9.59 Å². The summed E-state index contributed by atoms with van der Waals surface area (Å²) in [4.78, 5) is 38.0. The summed E-state index contributed by atoms with van der Waals surface area (Å²) in [6, 6.07) is 19.4. The first-order chi connectivity index (χ1) is 17.9. The maximum absolute atomic E-state index is 12.9. The Labute approximate surface area is 226 Å². The zero-order valence-corrected chi connectivity index (χ0v) is 22.6. The molecule has 0 aliphatic carbocycles. The number of hydrogen-bond acceptors (Lipinski definition) is 6. The van der Waals surface area contributed by atoms with Crippen molar-refractivity contribution in [3.8, 4) is 0 Å². The number of rotatable bonds is 8. The largest absolute Gasteiger partial charge is 0.355 e. The van der Waals surface area contributed by atoms with Gasteiger partial charge in [-0.3, -0.25) is 4.79 Å². The molecule has 10 heteroatoms. The van der Waals surface area contributed by atoms with E-state index >= 15 is 0 Å². The molecule has 2 heterocycles. The van der Waals surface area contributed by atoms with Gasteiger partial charge >= 0.3 is 6.03 Å². The maximum atomic E-state index is 12.9. The Morgan fingerprint density at radius 3 is 2.65 bits per heavy atom. The summed E-state index contributed by atoms with van der Waals surface area (Å²) in [5.41, 5.74) is 3.06. The number of aryl methyl sites for hydroxylation is 1. The molecule has 4 rings (SSSR count). The number of thioether (sulfide) groups is 1. The van der Waals surface area contributed by atoms with E-state index in [4.69, 9.17) is 11.6 Å². The van der Waals surface area contributed by atoms with Gasteiger partial charge in [0.25, 0.3) is 0 Å². The summed E-state index contributed by atoms with van der Waals surface area (Å²) in [6.07, 6.45) is 0.780. The second-order valence-corrected chi connectivity index (χ2v) is 10.3. The molecule has 37 heavy (non-hydrogen) atoms. The Bertz CT molecular complexity index is 1230. The highest BCUT2D eigenvalue weighted by atomic mass is 35.5. The normalized spacial score (nSPS) is 15.4. The fourth-order valence-electron chi connectivity index (χ4n) is 4.17. The Balaban J connectivity index is 1.28. The van der Waals surface area contributed by atoms with Crippen molar-refractivity contribution in [3.05, 3.63) is 76.9 Å². The molecular formula is C27H31ClN6O2S. The molecule has 2 aromatic carbocycles. The summed E-state index contributed by atoms with van der Waals surface area (Å²) in [6.45, 7) is 6.36. The number of aromatic nitrogens is 2. The average molecular weight is 539 g/mol. The Morgan fingerprint density at radius 1 is 1.08 bits per heavy atom. The predicted molar refractivity (Wildman–Crippen MR) is 150 cm³/mol. The minimum atomic E-state index is -0.118. The number of urea groups is 1. The van der Waals surface area contributed by atoms with E-state index in [1.165, 1.54) is 17.3 Å². The molecule has 0 spiro atoms. The van der Waals surface area contributed by atoms with E-state index in [0.717, 1.165) is 17.7 Å². The van der Waals surface area contributed by atoms with Gasteiger partial charge in [0.15, 0.2) is 5.16 Å². The molecule has 1 aliphatic heterocycles. The molecule has 2 N–H and O–H groups in total. The zero-order chi connectivity index (χ0) is 26.2. The topological polar surface area (TPSA) is 90.5 Å². The van der Waals surface area contributed by atoms with Crippen molar-refractivity contribution >= 4 is 46.8 Å². The van der Waals surface area contributed by atoms with Gasteiger partial charge in [-0.2, -0.15) is 0 Å². The Morgan fingerprint density at radius 2 is 1.89 bits per heavy atom. The van der Waals surface area contributed by atoms with Crippen LogP contribution in [0.15, 0.2) is 65.8 Å². The highest BCUT2D eigenvalue weighted by Gasteiger charge is 2.28. The van der Waals surface area contributed by atoms with Crippen molar-refractivity contribution < 1.29 is 9.59 Å². The van der Waals surface area contributed by atoms with Crippen molar-refractivity contribution in [1.82, 2.24) is 20.2 Å². The van der Waals surface area contributed by atoms with Crippen LogP contribution in [-0.4, -0.2) is 64.8 Å². The Kier molecular flexibility index (Phi) is 9.24. The van der Waals surface area contributed by atoms with Crippen LogP contribution in [0.5, 0.6) is 0 Å².